The van der Waals surface area contributed by atoms with E-state index in [0.29, 0.717) is 13.2 Å². The number of morpholine rings is 1. The van der Waals surface area contributed by atoms with Gasteiger partial charge in [-0.3, -0.25) is 4.79 Å². The second kappa shape index (κ2) is 5.44. The molecule has 1 fully saturated rings. The van der Waals surface area contributed by atoms with Crippen LogP contribution in [0, 0.1) is 5.92 Å². The molecule has 2 aliphatic rings. The van der Waals surface area contributed by atoms with Gasteiger partial charge in [0.2, 0.25) is 5.91 Å². The number of anilines is 1. The molecule has 4 nitrogen and oxygen atoms in total. The van der Waals surface area contributed by atoms with Gasteiger partial charge in [0.1, 0.15) is 0 Å². The maximum atomic E-state index is 12.7. The van der Waals surface area contributed by atoms with Crippen LogP contribution in [0.3, 0.4) is 0 Å². The van der Waals surface area contributed by atoms with Crippen molar-refractivity contribution in [3.8, 4) is 0 Å². The monoisotopic (exact) mass is 274 g/mol. The van der Waals surface area contributed by atoms with Gasteiger partial charge in [0.05, 0.1) is 24.7 Å². The first kappa shape index (κ1) is 13.4. The largest absolute Gasteiger partial charge is 0.384 e. The predicted molar refractivity (Wildman–Crippen MR) is 78.7 cm³/mol. The molecule has 3 rings (SSSR count). The summed E-state index contributed by atoms with van der Waals surface area (Å²) in [6.45, 7) is 6.17. The average Bonchev–Trinajstić information content (AvgIpc) is 2.48. The highest BCUT2D eigenvalue weighted by molar-refractivity contribution is 5.81. The normalized spacial score (nSPS) is 29.5. The Morgan fingerprint density at radius 1 is 1.35 bits per heavy atom. The van der Waals surface area contributed by atoms with Crippen molar-refractivity contribution in [2.75, 3.05) is 25.0 Å². The van der Waals surface area contributed by atoms with Gasteiger partial charge in [-0.15, -0.1) is 0 Å². The number of benzene rings is 1. The lowest BCUT2D eigenvalue weighted by Crippen LogP contribution is -2.53. The summed E-state index contributed by atoms with van der Waals surface area (Å²) in [5.74, 6) is 0.298. The fourth-order valence-corrected chi connectivity index (χ4v) is 3.06. The smallest absolute Gasteiger partial charge is 0.228 e. The highest BCUT2D eigenvalue weighted by Crippen LogP contribution is 2.26. The molecule has 3 atom stereocenters. The van der Waals surface area contributed by atoms with Crippen molar-refractivity contribution in [1.29, 1.82) is 0 Å². The van der Waals surface area contributed by atoms with Crippen LogP contribution in [0.4, 0.5) is 5.69 Å². The third kappa shape index (κ3) is 2.52. The first-order valence-electron chi connectivity index (χ1n) is 7.39. The van der Waals surface area contributed by atoms with Crippen molar-refractivity contribution < 1.29 is 9.53 Å². The molecule has 0 spiro atoms. The Kier molecular flexibility index (Phi) is 3.66. The van der Waals surface area contributed by atoms with Crippen LogP contribution in [0.1, 0.15) is 19.4 Å². The van der Waals surface area contributed by atoms with E-state index in [-0.39, 0.29) is 24.0 Å². The number of nitrogens with one attached hydrogen (secondary N) is 1. The number of nitrogens with zero attached hydrogens (tertiary/aromatic N) is 1. The van der Waals surface area contributed by atoms with Gasteiger partial charge in [-0.25, -0.2) is 0 Å². The summed E-state index contributed by atoms with van der Waals surface area (Å²) in [6, 6.07) is 8.42. The zero-order chi connectivity index (χ0) is 14.1. The molecule has 1 aromatic carbocycles. The van der Waals surface area contributed by atoms with Crippen LogP contribution in [0.5, 0.6) is 0 Å². The Bertz CT molecular complexity index is 503. The van der Waals surface area contributed by atoms with Crippen LogP contribution < -0.4 is 5.32 Å². The molecule has 20 heavy (non-hydrogen) atoms. The fourth-order valence-electron chi connectivity index (χ4n) is 3.06. The number of carbonyl (C=O) groups excluding carboxylic acids is 1. The first-order valence-corrected chi connectivity index (χ1v) is 7.39. The number of amides is 1. The van der Waals surface area contributed by atoms with Gasteiger partial charge in [-0.05, 0) is 31.9 Å². The molecule has 4 heteroatoms. The number of ether oxygens (including phenoxy) is 1. The molecule has 0 aromatic heterocycles. The maximum Gasteiger partial charge on any atom is 0.228 e. The molecule has 108 valence electrons. The Morgan fingerprint density at radius 3 is 3.00 bits per heavy atom. The SMILES string of the molecule is CC1CN(C(=O)C2CNc3ccccc3C2)C(C)CO1. The van der Waals surface area contributed by atoms with Crippen molar-refractivity contribution >= 4 is 11.6 Å². The quantitative estimate of drug-likeness (QED) is 0.850. The first-order chi connectivity index (χ1) is 9.65. The third-order valence-corrected chi connectivity index (χ3v) is 4.26. The zero-order valence-corrected chi connectivity index (χ0v) is 12.1. The Morgan fingerprint density at radius 2 is 2.15 bits per heavy atom. The summed E-state index contributed by atoms with van der Waals surface area (Å²) in [7, 11) is 0. The van der Waals surface area contributed by atoms with E-state index >= 15 is 0 Å². The molecule has 1 N–H and O–H groups in total. The van der Waals surface area contributed by atoms with Crippen LogP contribution in [0.25, 0.3) is 0 Å². The zero-order valence-electron chi connectivity index (χ0n) is 12.1. The second-order valence-electron chi connectivity index (χ2n) is 5.92. The van der Waals surface area contributed by atoms with E-state index in [1.54, 1.807) is 0 Å². The summed E-state index contributed by atoms with van der Waals surface area (Å²) in [6.07, 6.45) is 0.972. The van der Waals surface area contributed by atoms with Crippen molar-refractivity contribution in [2.45, 2.75) is 32.4 Å². The van der Waals surface area contributed by atoms with Crippen LogP contribution in [0.2, 0.25) is 0 Å². The molecule has 0 radical (unpaired) electrons. The summed E-state index contributed by atoms with van der Waals surface area (Å²) < 4.78 is 5.60. The van der Waals surface area contributed by atoms with Gasteiger partial charge in [0, 0.05) is 18.8 Å². The van der Waals surface area contributed by atoms with E-state index in [9.17, 15) is 4.79 Å². The van der Waals surface area contributed by atoms with Crippen molar-refractivity contribution in [1.82, 2.24) is 4.90 Å². The Labute approximate surface area is 120 Å². The molecular formula is C16H22N2O2. The molecule has 0 saturated carbocycles. The summed E-state index contributed by atoms with van der Waals surface area (Å²) in [5, 5.41) is 3.38. The maximum absolute atomic E-state index is 12.7. The van der Waals surface area contributed by atoms with Gasteiger partial charge in [0.15, 0.2) is 0 Å². The van der Waals surface area contributed by atoms with Crippen molar-refractivity contribution in [2.24, 2.45) is 5.92 Å². The van der Waals surface area contributed by atoms with E-state index < -0.39 is 0 Å². The van der Waals surface area contributed by atoms with Crippen molar-refractivity contribution in [3.05, 3.63) is 29.8 Å². The van der Waals surface area contributed by atoms with E-state index in [1.807, 2.05) is 24.0 Å². The van der Waals surface area contributed by atoms with Gasteiger partial charge in [-0.1, -0.05) is 18.2 Å². The fraction of sp³-hybridized carbons (Fsp3) is 0.562. The van der Waals surface area contributed by atoms with E-state index in [0.717, 1.165) is 13.0 Å². The van der Waals surface area contributed by atoms with E-state index in [1.165, 1.54) is 11.3 Å². The molecule has 1 amide bonds. The molecular weight excluding hydrogens is 252 g/mol. The van der Waals surface area contributed by atoms with Gasteiger partial charge >= 0.3 is 0 Å². The summed E-state index contributed by atoms with van der Waals surface area (Å²) in [5.41, 5.74) is 2.41. The van der Waals surface area contributed by atoms with Crippen molar-refractivity contribution in [3.63, 3.8) is 0 Å². The number of carbonyl (C=O) groups is 1. The van der Waals surface area contributed by atoms with Gasteiger partial charge in [-0.2, -0.15) is 0 Å². The van der Waals surface area contributed by atoms with Gasteiger partial charge in [0.25, 0.3) is 0 Å². The number of hydrogen-bond donors (Lipinski definition) is 1. The van der Waals surface area contributed by atoms with Crippen LogP contribution in [0.15, 0.2) is 24.3 Å². The average molecular weight is 274 g/mol. The Hall–Kier alpha value is -1.55. The van der Waals surface area contributed by atoms with E-state index in [2.05, 4.69) is 24.4 Å². The third-order valence-electron chi connectivity index (χ3n) is 4.26. The number of rotatable bonds is 1. The van der Waals surface area contributed by atoms with Crippen LogP contribution in [-0.2, 0) is 16.0 Å². The summed E-state index contributed by atoms with van der Waals surface area (Å²) in [4.78, 5) is 14.7. The van der Waals surface area contributed by atoms with Crippen LogP contribution in [-0.4, -0.2) is 42.6 Å². The second-order valence-corrected chi connectivity index (χ2v) is 5.92. The van der Waals surface area contributed by atoms with E-state index in [4.69, 9.17) is 4.74 Å². The molecule has 2 aliphatic heterocycles. The molecule has 2 heterocycles. The highest BCUT2D eigenvalue weighted by Gasteiger charge is 2.33. The lowest BCUT2D eigenvalue weighted by molar-refractivity contribution is -0.147. The predicted octanol–water partition coefficient (Wildman–Crippen LogP) is 1.91. The number of para-hydroxylation sites is 1. The van der Waals surface area contributed by atoms with Gasteiger partial charge < -0.3 is 15.0 Å². The lowest BCUT2D eigenvalue weighted by atomic mass is 9.92. The van der Waals surface area contributed by atoms with Crippen LogP contribution >= 0.6 is 0 Å². The minimum Gasteiger partial charge on any atom is -0.384 e. The summed E-state index contributed by atoms with van der Waals surface area (Å²) >= 11 is 0. The molecule has 1 aromatic rings. The standard InChI is InChI=1S/C16H22N2O2/c1-11-10-20-12(2)9-18(11)16(19)14-7-13-5-3-4-6-15(13)17-8-14/h3-6,11-12,14,17H,7-10H2,1-2H3. The molecule has 1 saturated heterocycles. The molecule has 0 aliphatic carbocycles. The Balaban J connectivity index is 1.72. The molecule has 3 unspecified atom stereocenters. The topological polar surface area (TPSA) is 41.6 Å². The minimum absolute atomic E-state index is 0.0395. The minimum atomic E-state index is 0.0395. The highest BCUT2D eigenvalue weighted by atomic mass is 16.5. The number of fused-ring (bicyclic) bond motifs is 1. The number of hydrogen-bond acceptors (Lipinski definition) is 3. The lowest BCUT2D eigenvalue weighted by Gasteiger charge is -2.39. The molecule has 0 bridgehead atoms.